The Kier molecular flexibility index (Phi) is 5.83. The predicted octanol–water partition coefficient (Wildman–Crippen LogP) is 6.06. The zero-order chi connectivity index (χ0) is 22.1. The fraction of sp³-hybridized carbons (Fsp3) is 0.280. The van der Waals surface area contributed by atoms with Crippen LogP contribution >= 0.6 is 11.3 Å². The number of thiophene rings is 1. The van der Waals surface area contributed by atoms with E-state index in [9.17, 15) is 9.59 Å². The maximum atomic E-state index is 13.6. The van der Waals surface area contributed by atoms with Crippen molar-refractivity contribution in [2.75, 3.05) is 5.32 Å². The molecular weight excluding hydrogens is 410 g/mol. The molecule has 1 amide bonds. The number of amides is 1. The molecule has 3 aromatic rings. The van der Waals surface area contributed by atoms with E-state index < -0.39 is 11.9 Å². The van der Waals surface area contributed by atoms with Crippen LogP contribution in [0.2, 0.25) is 0 Å². The molecule has 2 aromatic carbocycles. The van der Waals surface area contributed by atoms with Gasteiger partial charge in [-0.1, -0.05) is 43.3 Å². The smallest absolute Gasteiger partial charge is 0.341 e. The summed E-state index contributed by atoms with van der Waals surface area (Å²) in [6, 6.07) is 15.1. The quantitative estimate of drug-likeness (QED) is 0.495. The molecule has 1 aliphatic rings. The average molecular weight is 436 g/mol. The van der Waals surface area contributed by atoms with Gasteiger partial charge < -0.3 is 14.8 Å². The van der Waals surface area contributed by atoms with Crippen molar-refractivity contribution in [3.8, 4) is 11.5 Å². The molecule has 1 N–H and O–H groups in total. The maximum Gasteiger partial charge on any atom is 0.341 e. The van der Waals surface area contributed by atoms with Crippen molar-refractivity contribution in [2.45, 2.75) is 46.1 Å². The molecule has 0 bridgehead atoms. The molecule has 0 radical (unpaired) electrons. The van der Waals surface area contributed by atoms with E-state index in [0.29, 0.717) is 28.5 Å². The molecule has 0 atom stereocenters. The van der Waals surface area contributed by atoms with E-state index in [0.717, 1.165) is 21.6 Å². The number of para-hydroxylation sites is 2. The standard InChI is InChI=1S/C25H25NO4S/c1-5-16-15(4)31-24(22(16)25(28)29-14(2)3)26-23(27)21-17-10-6-8-12-19(17)30-20-13-9-7-11-18(20)21/h6-14,21H,5H2,1-4H3,(H,26,27). The van der Waals surface area contributed by atoms with Crippen molar-refractivity contribution in [1.29, 1.82) is 0 Å². The highest BCUT2D eigenvalue weighted by Gasteiger charge is 2.34. The first-order valence-corrected chi connectivity index (χ1v) is 11.2. The Morgan fingerprint density at radius 1 is 1.06 bits per heavy atom. The molecule has 160 valence electrons. The number of anilines is 1. The highest BCUT2D eigenvalue weighted by Crippen LogP contribution is 2.45. The zero-order valence-electron chi connectivity index (χ0n) is 18.0. The van der Waals surface area contributed by atoms with E-state index in [1.54, 1.807) is 0 Å². The Morgan fingerprint density at radius 3 is 2.19 bits per heavy atom. The van der Waals surface area contributed by atoms with Crippen LogP contribution in [0.3, 0.4) is 0 Å². The fourth-order valence-corrected chi connectivity index (χ4v) is 5.09. The second-order valence-corrected chi connectivity index (χ2v) is 8.97. The summed E-state index contributed by atoms with van der Waals surface area (Å²) in [6.45, 7) is 7.59. The molecule has 5 nitrogen and oxygen atoms in total. The Labute approximate surface area is 186 Å². The topological polar surface area (TPSA) is 64.6 Å². The third-order valence-corrected chi connectivity index (χ3v) is 6.35. The molecule has 0 spiro atoms. The number of carbonyl (C=O) groups is 2. The van der Waals surface area contributed by atoms with Crippen molar-refractivity contribution in [2.24, 2.45) is 0 Å². The number of fused-ring (bicyclic) bond motifs is 2. The first-order valence-electron chi connectivity index (χ1n) is 10.4. The molecule has 1 aromatic heterocycles. The largest absolute Gasteiger partial charge is 0.459 e. The summed E-state index contributed by atoms with van der Waals surface area (Å²) in [4.78, 5) is 27.4. The minimum atomic E-state index is -0.539. The van der Waals surface area contributed by atoms with Gasteiger partial charge in [-0.3, -0.25) is 4.79 Å². The molecule has 0 aliphatic carbocycles. The lowest BCUT2D eigenvalue weighted by atomic mass is 9.87. The average Bonchev–Trinajstić information content (AvgIpc) is 3.06. The van der Waals surface area contributed by atoms with Crippen molar-refractivity contribution in [1.82, 2.24) is 0 Å². The number of esters is 1. The van der Waals surface area contributed by atoms with E-state index in [2.05, 4.69) is 5.32 Å². The third-order valence-electron chi connectivity index (χ3n) is 5.29. The van der Waals surface area contributed by atoms with E-state index >= 15 is 0 Å². The number of hydrogen-bond donors (Lipinski definition) is 1. The minimum Gasteiger partial charge on any atom is -0.459 e. The number of benzene rings is 2. The monoisotopic (exact) mass is 435 g/mol. The van der Waals surface area contributed by atoms with E-state index in [4.69, 9.17) is 9.47 Å². The van der Waals surface area contributed by atoms with Gasteiger partial charge in [-0.05, 0) is 44.9 Å². The van der Waals surface area contributed by atoms with Gasteiger partial charge in [0, 0.05) is 16.0 Å². The normalized spacial score (nSPS) is 12.7. The predicted molar refractivity (Wildman–Crippen MR) is 122 cm³/mol. The number of aryl methyl sites for hydroxylation is 1. The molecule has 0 saturated heterocycles. The molecule has 0 fully saturated rings. The summed E-state index contributed by atoms with van der Waals surface area (Å²) < 4.78 is 11.5. The van der Waals surface area contributed by atoms with Crippen molar-refractivity contribution in [3.05, 3.63) is 75.7 Å². The second-order valence-electron chi connectivity index (χ2n) is 7.75. The van der Waals surface area contributed by atoms with Gasteiger partial charge in [0.05, 0.1) is 17.6 Å². The summed E-state index contributed by atoms with van der Waals surface area (Å²) >= 11 is 1.41. The van der Waals surface area contributed by atoms with Crippen molar-refractivity contribution in [3.63, 3.8) is 0 Å². The Hall–Kier alpha value is -3.12. The van der Waals surface area contributed by atoms with Crippen LogP contribution in [0.4, 0.5) is 5.00 Å². The van der Waals surface area contributed by atoms with Crippen LogP contribution < -0.4 is 10.1 Å². The number of carbonyl (C=O) groups excluding carboxylic acids is 2. The van der Waals surface area contributed by atoms with Crippen LogP contribution in [-0.4, -0.2) is 18.0 Å². The lowest BCUT2D eigenvalue weighted by Gasteiger charge is -2.27. The SMILES string of the molecule is CCc1c(C)sc(NC(=O)C2c3ccccc3Oc3ccccc32)c1C(=O)OC(C)C. The van der Waals surface area contributed by atoms with Crippen molar-refractivity contribution >= 4 is 28.2 Å². The molecule has 4 rings (SSSR count). The lowest BCUT2D eigenvalue weighted by molar-refractivity contribution is -0.116. The first-order chi connectivity index (χ1) is 14.9. The summed E-state index contributed by atoms with van der Waals surface area (Å²) in [5.41, 5.74) is 2.97. The minimum absolute atomic E-state index is 0.203. The molecule has 2 heterocycles. The van der Waals surface area contributed by atoms with Crippen LogP contribution in [0, 0.1) is 6.92 Å². The van der Waals surface area contributed by atoms with Gasteiger partial charge >= 0.3 is 5.97 Å². The molecule has 31 heavy (non-hydrogen) atoms. The molecule has 0 saturated carbocycles. The van der Waals surface area contributed by atoms with E-state index in [-0.39, 0.29) is 12.0 Å². The van der Waals surface area contributed by atoms with Gasteiger partial charge in [-0.15, -0.1) is 11.3 Å². The molecule has 1 aliphatic heterocycles. The summed E-state index contributed by atoms with van der Waals surface area (Å²) in [7, 11) is 0. The van der Waals surface area contributed by atoms with Crippen LogP contribution in [0.25, 0.3) is 0 Å². The Bertz CT molecular complexity index is 1100. The number of nitrogens with one attached hydrogen (secondary N) is 1. The van der Waals surface area contributed by atoms with Crippen LogP contribution in [-0.2, 0) is 16.0 Å². The lowest BCUT2D eigenvalue weighted by Crippen LogP contribution is -2.25. The van der Waals surface area contributed by atoms with Crippen LogP contribution in [0.1, 0.15) is 58.6 Å². The Balaban J connectivity index is 1.74. The summed E-state index contributed by atoms with van der Waals surface area (Å²) in [5.74, 6) is 0.183. The number of rotatable bonds is 5. The number of ether oxygens (including phenoxy) is 2. The Morgan fingerprint density at radius 2 is 1.65 bits per heavy atom. The highest BCUT2D eigenvalue weighted by atomic mass is 32.1. The first kappa shape index (κ1) is 21.1. The highest BCUT2D eigenvalue weighted by molar-refractivity contribution is 7.16. The molecular formula is C25H25NO4S. The van der Waals surface area contributed by atoms with Crippen molar-refractivity contribution < 1.29 is 19.1 Å². The molecule has 6 heteroatoms. The van der Waals surface area contributed by atoms with E-state index in [1.165, 1.54) is 11.3 Å². The zero-order valence-corrected chi connectivity index (χ0v) is 18.8. The maximum absolute atomic E-state index is 13.6. The van der Waals surface area contributed by atoms with Crippen LogP contribution in [0.5, 0.6) is 11.5 Å². The van der Waals surface area contributed by atoms with Gasteiger partial charge in [0.2, 0.25) is 5.91 Å². The number of hydrogen-bond acceptors (Lipinski definition) is 5. The van der Waals surface area contributed by atoms with Gasteiger partial charge in [0.1, 0.15) is 16.5 Å². The van der Waals surface area contributed by atoms with Gasteiger partial charge in [0.15, 0.2) is 0 Å². The second kappa shape index (κ2) is 8.55. The van der Waals surface area contributed by atoms with Gasteiger partial charge in [-0.25, -0.2) is 4.79 Å². The van der Waals surface area contributed by atoms with Gasteiger partial charge in [-0.2, -0.15) is 0 Å². The fourth-order valence-electron chi connectivity index (χ4n) is 3.96. The van der Waals surface area contributed by atoms with Gasteiger partial charge in [0.25, 0.3) is 0 Å². The summed E-state index contributed by atoms with van der Waals surface area (Å²) in [6.07, 6.45) is 0.444. The van der Waals surface area contributed by atoms with E-state index in [1.807, 2.05) is 76.2 Å². The third kappa shape index (κ3) is 3.95. The summed E-state index contributed by atoms with van der Waals surface area (Å²) in [5, 5.41) is 3.57. The van der Waals surface area contributed by atoms with Crippen LogP contribution in [0.15, 0.2) is 48.5 Å². The molecule has 0 unspecified atom stereocenters.